The second-order valence-electron chi connectivity index (χ2n) is 6.01. The van der Waals surface area contributed by atoms with Crippen LogP contribution in [0.3, 0.4) is 0 Å². The lowest BCUT2D eigenvalue weighted by Crippen LogP contribution is -2.51. The van der Waals surface area contributed by atoms with Crippen molar-refractivity contribution in [3.63, 3.8) is 0 Å². The highest BCUT2D eigenvalue weighted by Crippen LogP contribution is 2.45. The quantitative estimate of drug-likeness (QED) is 0.790. The number of rotatable bonds is 1. The zero-order chi connectivity index (χ0) is 15.8. The maximum atomic E-state index is 13.1. The monoisotopic (exact) mass is 331 g/mol. The average Bonchev–Trinajstić information content (AvgIpc) is 3.06. The fourth-order valence-electron chi connectivity index (χ4n) is 3.74. The van der Waals surface area contributed by atoms with Crippen LogP contribution in [-0.4, -0.2) is 39.2 Å². The van der Waals surface area contributed by atoms with E-state index in [-0.39, 0.29) is 18.8 Å². The van der Waals surface area contributed by atoms with Crippen molar-refractivity contribution in [1.29, 1.82) is 0 Å². The van der Waals surface area contributed by atoms with E-state index in [4.69, 9.17) is 9.47 Å². The van der Waals surface area contributed by atoms with Crippen LogP contribution in [0.5, 0.6) is 0 Å². The van der Waals surface area contributed by atoms with Crippen molar-refractivity contribution in [2.24, 2.45) is 0 Å². The first kappa shape index (κ1) is 13.5. The number of ketones is 1. The van der Waals surface area contributed by atoms with Crippen molar-refractivity contribution < 1.29 is 22.7 Å². The first-order valence-corrected chi connectivity index (χ1v) is 8.87. The van der Waals surface area contributed by atoms with Crippen molar-refractivity contribution in [3.8, 4) is 0 Å². The van der Waals surface area contributed by atoms with Crippen LogP contribution in [0.25, 0.3) is 10.8 Å². The predicted octanol–water partition coefficient (Wildman–Crippen LogP) is 1.43. The van der Waals surface area contributed by atoms with Crippen LogP contribution in [0, 0.1) is 0 Å². The molecule has 7 heteroatoms. The predicted molar refractivity (Wildman–Crippen MR) is 81.6 cm³/mol. The van der Waals surface area contributed by atoms with Gasteiger partial charge in [0, 0.05) is 11.8 Å². The highest BCUT2D eigenvalue weighted by molar-refractivity contribution is 7.93. The van der Waals surface area contributed by atoms with E-state index in [0.717, 1.165) is 5.39 Å². The number of carbonyl (C=O) groups excluding carboxylic acids is 1. The number of benzene rings is 2. The molecule has 2 fully saturated rings. The molecule has 118 valence electrons. The molecule has 0 amide bonds. The Morgan fingerprint density at radius 2 is 1.91 bits per heavy atom. The van der Waals surface area contributed by atoms with Gasteiger partial charge in [0.2, 0.25) is 6.29 Å². The fourth-order valence-corrected chi connectivity index (χ4v) is 5.66. The van der Waals surface area contributed by atoms with E-state index in [1.165, 1.54) is 4.31 Å². The molecule has 6 nitrogen and oxygen atoms in total. The van der Waals surface area contributed by atoms with Gasteiger partial charge in [-0.3, -0.25) is 9.10 Å². The Labute approximate surface area is 132 Å². The highest BCUT2D eigenvalue weighted by Gasteiger charge is 2.51. The van der Waals surface area contributed by atoms with Gasteiger partial charge in [0.1, 0.15) is 6.10 Å². The molecule has 3 unspecified atom stereocenters. The topological polar surface area (TPSA) is 72.9 Å². The van der Waals surface area contributed by atoms with Crippen LogP contribution in [0.4, 0.5) is 5.69 Å². The Hall–Kier alpha value is -1.96. The van der Waals surface area contributed by atoms with Gasteiger partial charge in [-0.05, 0) is 17.5 Å². The van der Waals surface area contributed by atoms with Crippen LogP contribution in [-0.2, 0) is 24.3 Å². The summed E-state index contributed by atoms with van der Waals surface area (Å²) in [5, 5.41) is 1.58. The molecule has 23 heavy (non-hydrogen) atoms. The third kappa shape index (κ3) is 1.64. The number of Topliss-reactive ketones (excluding diaryl/α,β-unsaturated/α-hetero) is 1. The molecule has 3 heterocycles. The SMILES string of the molecule is O=C1CC(N2c3cccc4cccc(c34)S2(=O)=O)C2COC1O2. The number of sulfonamides is 1. The molecule has 3 aliphatic rings. The number of carbonyl (C=O) groups is 1. The Balaban J connectivity index is 1.73. The van der Waals surface area contributed by atoms with Gasteiger partial charge in [0.15, 0.2) is 5.78 Å². The van der Waals surface area contributed by atoms with Gasteiger partial charge in [-0.1, -0.05) is 24.3 Å². The van der Waals surface area contributed by atoms with Gasteiger partial charge in [-0.2, -0.15) is 0 Å². The molecule has 2 bridgehead atoms. The molecule has 0 saturated carbocycles. The first-order chi connectivity index (χ1) is 11.1. The molecular formula is C16H13NO5S. The fraction of sp³-hybridized carbons (Fsp3) is 0.312. The molecule has 2 saturated heterocycles. The zero-order valence-corrected chi connectivity index (χ0v) is 12.8. The van der Waals surface area contributed by atoms with E-state index in [1.54, 1.807) is 18.2 Å². The van der Waals surface area contributed by atoms with E-state index in [2.05, 4.69) is 0 Å². The molecule has 5 rings (SSSR count). The largest absolute Gasteiger partial charge is 0.343 e. The third-order valence-electron chi connectivity index (χ3n) is 4.73. The van der Waals surface area contributed by atoms with Crippen LogP contribution in [0.15, 0.2) is 41.3 Å². The number of nitrogens with zero attached hydrogens (tertiary/aromatic N) is 1. The summed E-state index contributed by atoms with van der Waals surface area (Å²) < 4.78 is 38.3. The smallest absolute Gasteiger partial charge is 0.265 e. The van der Waals surface area contributed by atoms with Gasteiger partial charge in [-0.25, -0.2) is 8.42 Å². The second-order valence-corrected chi connectivity index (χ2v) is 7.79. The number of anilines is 1. The lowest BCUT2D eigenvalue weighted by molar-refractivity contribution is -0.153. The lowest BCUT2D eigenvalue weighted by atomic mass is 10.0. The summed E-state index contributed by atoms with van der Waals surface area (Å²) in [4.78, 5) is 12.4. The first-order valence-electron chi connectivity index (χ1n) is 7.43. The Kier molecular flexibility index (Phi) is 2.53. The van der Waals surface area contributed by atoms with E-state index >= 15 is 0 Å². The molecule has 0 N–H and O–H groups in total. The van der Waals surface area contributed by atoms with Crippen LogP contribution in [0.2, 0.25) is 0 Å². The van der Waals surface area contributed by atoms with Gasteiger partial charge >= 0.3 is 0 Å². The Morgan fingerprint density at radius 3 is 2.74 bits per heavy atom. The minimum Gasteiger partial charge on any atom is -0.343 e. The molecule has 2 aromatic rings. The minimum absolute atomic E-state index is 0.110. The molecule has 0 aliphatic carbocycles. The highest BCUT2D eigenvalue weighted by atomic mass is 32.2. The Morgan fingerprint density at radius 1 is 1.13 bits per heavy atom. The van der Waals surface area contributed by atoms with Crippen molar-refractivity contribution in [2.45, 2.75) is 29.8 Å². The van der Waals surface area contributed by atoms with Gasteiger partial charge in [0.25, 0.3) is 10.0 Å². The van der Waals surface area contributed by atoms with Gasteiger partial charge in [-0.15, -0.1) is 0 Å². The third-order valence-corrected chi connectivity index (χ3v) is 6.61. The number of fused-ring (bicyclic) bond motifs is 2. The molecule has 3 aliphatic heterocycles. The molecule has 2 aromatic carbocycles. The van der Waals surface area contributed by atoms with Crippen molar-refractivity contribution >= 4 is 32.3 Å². The maximum Gasteiger partial charge on any atom is 0.265 e. The second kappa shape index (κ2) is 4.31. The molecular weight excluding hydrogens is 318 g/mol. The molecule has 0 aromatic heterocycles. The van der Waals surface area contributed by atoms with E-state index in [0.29, 0.717) is 16.0 Å². The molecule has 3 atom stereocenters. The van der Waals surface area contributed by atoms with E-state index in [9.17, 15) is 13.2 Å². The summed E-state index contributed by atoms with van der Waals surface area (Å²) in [7, 11) is -3.70. The summed E-state index contributed by atoms with van der Waals surface area (Å²) in [5.74, 6) is -0.206. The van der Waals surface area contributed by atoms with Crippen molar-refractivity contribution in [3.05, 3.63) is 36.4 Å². The van der Waals surface area contributed by atoms with Gasteiger partial charge < -0.3 is 9.47 Å². The normalized spacial score (nSPS) is 31.0. The summed E-state index contributed by atoms with van der Waals surface area (Å²) >= 11 is 0. The van der Waals surface area contributed by atoms with Crippen LogP contribution < -0.4 is 4.31 Å². The average molecular weight is 331 g/mol. The zero-order valence-electron chi connectivity index (χ0n) is 12.0. The molecule has 0 radical (unpaired) electrons. The summed E-state index contributed by atoms with van der Waals surface area (Å²) in [5.41, 5.74) is 0.616. The van der Waals surface area contributed by atoms with Crippen molar-refractivity contribution in [2.75, 3.05) is 10.9 Å². The minimum atomic E-state index is -3.70. The van der Waals surface area contributed by atoms with Crippen molar-refractivity contribution in [1.82, 2.24) is 0 Å². The number of ether oxygens (including phenoxy) is 2. The van der Waals surface area contributed by atoms with Gasteiger partial charge in [0.05, 0.1) is 23.2 Å². The summed E-state index contributed by atoms with van der Waals surface area (Å²) in [6, 6.07) is 10.2. The van der Waals surface area contributed by atoms with Crippen LogP contribution in [0.1, 0.15) is 6.42 Å². The molecule has 0 spiro atoms. The Bertz CT molecular complexity index is 949. The summed E-state index contributed by atoms with van der Waals surface area (Å²) in [6.45, 7) is 0.236. The van der Waals surface area contributed by atoms with E-state index < -0.39 is 28.5 Å². The number of hydrogen-bond donors (Lipinski definition) is 0. The number of hydrogen-bond acceptors (Lipinski definition) is 5. The van der Waals surface area contributed by atoms with E-state index in [1.807, 2.05) is 18.2 Å². The summed E-state index contributed by atoms with van der Waals surface area (Å²) in [6.07, 6.45) is -1.14. The van der Waals surface area contributed by atoms with Crippen LogP contribution >= 0.6 is 0 Å². The standard InChI is InChI=1S/C16H13NO5S/c18-12-7-11(13-8-21-16(12)22-13)17-10-5-1-3-9-4-2-6-14(15(9)10)23(17,19)20/h1-6,11,13,16H,7-8H2. The lowest BCUT2D eigenvalue weighted by Gasteiger charge is -2.34. The maximum absolute atomic E-state index is 13.1.